The molecule has 0 spiro atoms. The van der Waals surface area contributed by atoms with Crippen LogP contribution in [0.25, 0.3) is 11.5 Å². The van der Waals surface area contributed by atoms with Crippen LogP contribution in [0.4, 0.5) is 13.2 Å². The fraction of sp³-hybridized carbons (Fsp3) is 0.438. The number of rotatable bonds is 6. The van der Waals surface area contributed by atoms with E-state index in [0.29, 0.717) is 16.8 Å². The zero-order valence-corrected chi connectivity index (χ0v) is 14.8. The zero-order chi connectivity index (χ0) is 18.8. The molecule has 0 radical (unpaired) electrons. The van der Waals surface area contributed by atoms with Crippen molar-refractivity contribution in [2.45, 2.75) is 50.7 Å². The van der Waals surface area contributed by atoms with Crippen LogP contribution < -0.4 is 4.72 Å². The van der Waals surface area contributed by atoms with Crippen molar-refractivity contribution < 1.29 is 26.0 Å². The molecule has 5 nitrogen and oxygen atoms in total. The standard InChI is InChI=1S/C16H19F3N2O3S/c1-4-13(8-16(17,18)19)21-25(22,23)14-7-12(6-5-10(14)2)15-20-11(3)9-24-15/h5-7,9,13,21H,4,8H2,1-3H3. The summed E-state index contributed by atoms with van der Waals surface area (Å²) in [5.74, 6) is 0.247. The molecule has 1 unspecified atom stereocenters. The molecule has 1 heterocycles. The lowest BCUT2D eigenvalue weighted by molar-refractivity contribution is -0.139. The number of sulfonamides is 1. The first-order chi connectivity index (χ1) is 11.5. The molecule has 0 amide bonds. The van der Waals surface area contributed by atoms with E-state index in [4.69, 9.17) is 4.42 Å². The smallest absolute Gasteiger partial charge is 0.390 e. The summed E-state index contributed by atoms with van der Waals surface area (Å²) in [5.41, 5.74) is 1.48. The van der Waals surface area contributed by atoms with Crippen molar-refractivity contribution in [3.63, 3.8) is 0 Å². The molecular weight excluding hydrogens is 357 g/mol. The fourth-order valence-electron chi connectivity index (χ4n) is 2.34. The maximum Gasteiger partial charge on any atom is 0.390 e. The van der Waals surface area contributed by atoms with Crippen molar-refractivity contribution in [3.05, 3.63) is 35.7 Å². The molecule has 2 rings (SSSR count). The predicted octanol–water partition coefficient (Wildman–Crippen LogP) is 3.97. The molecule has 0 aliphatic carbocycles. The zero-order valence-electron chi connectivity index (χ0n) is 14.0. The first-order valence-corrected chi connectivity index (χ1v) is 9.12. The largest absolute Gasteiger partial charge is 0.444 e. The highest BCUT2D eigenvalue weighted by Gasteiger charge is 2.33. The Labute approximate surface area is 144 Å². The molecular formula is C16H19F3N2O3S. The van der Waals surface area contributed by atoms with Gasteiger partial charge < -0.3 is 4.42 Å². The van der Waals surface area contributed by atoms with Gasteiger partial charge >= 0.3 is 6.18 Å². The minimum absolute atomic E-state index is 0.0242. The van der Waals surface area contributed by atoms with Crippen LogP contribution in [0.2, 0.25) is 0 Å². The SMILES string of the molecule is CCC(CC(F)(F)F)NS(=O)(=O)c1cc(-c2nc(C)co2)ccc1C. The Balaban J connectivity index is 2.35. The van der Waals surface area contributed by atoms with Crippen molar-refractivity contribution in [2.75, 3.05) is 0 Å². The van der Waals surface area contributed by atoms with E-state index in [9.17, 15) is 21.6 Å². The number of nitrogens with zero attached hydrogens (tertiary/aromatic N) is 1. The fourth-order valence-corrected chi connectivity index (χ4v) is 3.93. The number of oxazole rings is 1. The summed E-state index contributed by atoms with van der Waals surface area (Å²) in [6.07, 6.45) is -4.22. The molecule has 2 aromatic rings. The van der Waals surface area contributed by atoms with Gasteiger partial charge in [-0.3, -0.25) is 0 Å². The molecule has 0 aliphatic heterocycles. The highest BCUT2D eigenvalue weighted by atomic mass is 32.2. The van der Waals surface area contributed by atoms with E-state index in [1.165, 1.54) is 19.3 Å². The third-order valence-electron chi connectivity index (χ3n) is 3.64. The van der Waals surface area contributed by atoms with Crippen LogP contribution in [-0.4, -0.2) is 25.6 Å². The Morgan fingerprint density at radius 3 is 2.48 bits per heavy atom. The summed E-state index contributed by atoms with van der Waals surface area (Å²) in [6.45, 7) is 4.80. The van der Waals surface area contributed by atoms with Crippen LogP contribution in [0.5, 0.6) is 0 Å². The summed E-state index contributed by atoms with van der Waals surface area (Å²) >= 11 is 0. The number of nitrogens with one attached hydrogen (secondary N) is 1. The molecule has 1 N–H and O–H groups in total. The first kappa shape index (κ1) is 19.5. The Morgan fingerprint density at radius 2 is 1.96 bits per heavy atom. The number of halogens is 3. The minimum atomic E-state index is -4.45. The van der Waals surface area contributed by atoms with Crippen LogP contribution in [0.15, 0.2) is 33.8 Å². The van der Waals surface area contributed by atoms with Crippen LogP contribution in [0.3, 0.4) is 0 Å². The summed E-state index contributed by atoms with van der Waals surface area (Å²) < 4.78 is 70.3. The van der Waals surface area contributed by atoms with Gasteiger partial charge in [-0.25, -0.2) is 18.1 Å². The van der Waals surface area contributed by atoms with Crippen molar-refractivity contribution in [2.24, 2.45) is 0 Å². The molecule has 0 aliphatic rings. The molecule has 1 atom stereocenters. The molecule has 1 aromatic carbocycles. The summed E-state index contributed by atoms with van der Waals surface area (Å²) in [4.78, 5) is 4.03. The topological polar surface area (TPSA) is 72.2 Å². The first-order valence-electron chi connectivity index (χ1n) is 7.64. The van der Waals surface area contributed by atoms with Crippen molar-refractivity contribution in [3.8, 4) is 11.5 Å². The van der Waals surface area contributed by atoms with Gasteiger partial charge in [0.05, 0.1) is 17.0 Å². The molecule has 138 valence electrons. The van der Waals surface area contributed by atoms with Crippen LogP contribution in [0.1, 0.15) is 31.0 Å². The summed E-state index contributed by atoms with van der Waals surface area (Å²) in [7, 11) is -4.12. The van der Waals surface area contributed by atoms with E-state index < -0.39 is 28.7 Å². The van der Waals surface area contributed by atoms with E-state index in [1.807, 2.05) is 0 Å². The second kappa shape index (κ2) is 7.17. The molecule has 9 heteroatoms. The van der Waals surface area contributed by atoms with Gasteiger partial charge in [-0.1, -0.05) is 13.0 Å². The molecule has 0 saturated heterocycles. The average molecular weight is 376 g/mol. The lowest BCUT2D eigenvalue weighted by Crippen LogP contribution is -2.37. The number of aromatic nitrogens is 1. The second-order valence-corrected chi connectivity index (χ2v) is 7.50. The molecule has 25 heavy (non-hydrogen) atoms. The number of hydrogen-bond acceptors (Lipinski definition) is 4. The lowest BCUT2D eigenvalue weighted by atomic mass is 10.1. The second-order valence-electron chi connectivity index (χ2n) is 5.82. The highest BCUT2D eigenvalue weighted by Crippen LogP contribution is 2.27. The third-order valence-corrected chi connectivity index (χ3v) is 5.30. The van der Waals surface area contributed by atoms with Crippen molar-refractivity contribution in [1.29, 1.82) is 0 Å². The van der Waals surface area contributed by atoms with E-state index >= 15 is 0 Å². The highest BCUT2D eigenvalue weighted by molar-refractivity contribution is 7.89. The lowest BCUT2D eigenvalue weighted by Gasteiger charge is -2.19. The number of benzene rings is 1. The normalized spacial score (nSPS) is 13.8. The van der Waals surface area contributed by atoms with E-state index in [1.54, 1.807) is 26.0 Å². The van der Waals surface area contributed by atoms with Crippen molar-refractivity contribution >= 4 is 10.0 Å². The number of hydrogen-bond donors (Lipinski definition) is 1. The van der Waals surface area contributed by atoms with E-state index in [0.717, 1.165) is 0 Å². The van der Waals surface area contributed by atoms with Crippen LogP contribution >= 0.6 is 0 Å². The van der Waals surface area contributed by atoms with Gasteiger partial charge in [0.25, 0.3) is 0 Å². The van der Waals surface area contributed by atoms with Gasteiger partial charge in [0.15, 0.2) is 0 Å². The van der Waals surface area contributed by atoms with Crippen LogP contribution in [-0.2, 0) is 10.0 Å². The Morgan fingerprint density at radius 1 is 1.28 bits per heavy atom. The third kappa shape index (κ3) is 5.05. The Kier molecular flexibility index (Phi) is 5.58. The molecule has 0 bridgehead atoms. The number of alkyl halides is 3. The predicted molar refractivity (Wildman–Crippen MR) is 86.5 cm³/mol. The van der Waals surface area contributed by atoms with Crippen LogP contribution in [0, 0.1) is 13.8 Å². The van der Waals surface area contributed by atoms with E-state index in [-0.39, 0.29) is 17.2 Å². The molecule has 0 fully saturated rings. The van der Waals surface area contributed by atoms with Gasteiger partial charge in [-0.05, 0) is 38.0 Å². The van der Waals surface area contributed by atoms with Crippen molar-refractivity contribution in [1.82, 2.24) is 9.71 Å². The maximum atomic E-state index is 12.6. The van der Waals surface area contributed by atoms with E-state index in [2.05, 4.69) is 9.71 Å². The van der Waals surface area contributed by atoms with Gasteiger partial charge in [0.1, 0.15) is 6.26 Å². The maximum absolute atomic E-state index is 12.6. The van der Waals surface area contributed by atoms with Gasteiger partial charge in [0, 0.05) is 11.6 Å². The van der Waals surface area contributed by atoms with Gasteiger partial charge in [-0.2, -0.15) is 13.2 Å². The minimum Gasteiger partial charge on any atom is -0.444 e. The monoisotopic (exact) mass is 376 g/mol. The number of aryl methyl sites for hydroxylation is 2. The summed E-state index contributed by atoms with van der Waals surface area (Å²) in [6, 6.07) is 3.33. The Hall–Kier alpha value is -1.87. The quantitative estimate of drug-likeness (QED) is 0.828. The molecule has 1 aromatic heterocycles. The Bertz CT molecular complexity index is 845. The van der Waals surface area contributed by atoms with Gasteiger partial charge in [0.2, 0.25) is 15.9 Å². The molecule has 0 saturated carbocycles. The summed E-state index contributed by atoms with van der Waals surface area (Å²) in [5, 5.41) is 0. The van der Waals surface area contributed by atoms with Gasteiger partial charge in [-0.15, -0.1) is 0 Å². The average Bonchev–Trinajstić information content (AvgIpc) is 2.91.